The number of nitrogens with zero attached hydrogens (tertiary/aromatic N) is 2. The molecule has 1 heterocycles. The van der Waals surface area contributed by atoms with Crippen molar-refractivity contribution in [3.05, 3.63) is 22.7 Å². The molecule has 0 radical (unpaired) electrons. The lowest BCUT2D eigenvalue weighted by atomic mass is 9.88. The molecule has 0 amide bonds. The first-order valence-corrected chi connectivity index (χ1v) is 6.68. The average Bonchev–Trinajstić information content (AvgIpc) is 2.13. The first-order valence-electron chi connectivity index (χ1n) is 6.30. The van der Waals surface area contributed by atoms with Gasteiger partial charge in [-0.1, -0.05) is 46.2 Å². The Morgan fingerprint density at radius 2 is 1.89 bits per heavy atom. The fraction of sp³-hybridized carbons (Fsp3) is 0.714. The van der Waals surface area contributed by atoms with Crippen LogP contribution in [-0.4, -0.2) is 17.1 Å². The van der Waals surface area contributed by atoms with Crippen LogP contribution in [0.25, 0.3) is 0 Å². The maximum Gasteiger partial charge on any atom is 0.159 e. The van der Waals surface area contributed by atoms with Gasteiger partial charge in [0.05, 0.1) is 0 Å². The van der Waals surface area contributed by atoms with E-state index in [1.165, 1.54) is 0 Å². The molecule has 1 aromatic heterocycles. The predicted octanol–water partition coefficient (Wildman–Crippen LogP) is 4.06. The number of ether oxygens (including phenoxy) is 1. The summed E-state index contributed by atoms with van der Waals surface area (Å²) in [6, 6.07) is 1.83. The number of hydrogen-bond donors (Lipinski definition) is 0. The third-order valence-electron chi connectivity index (χ3n) is 2.64. The van der Waals surface area contributed by atoms with Gasteiger partial charge in [-0.25, -0.2) is 9.97 Å². The summed E-state index contributed by atoms with van der Waals surface area (Å²) >= 11 is 6.08. The van der Waals surface area contributed by atoms with E-state index in [0.717, 1.165) is 12.1 Å². The molecule has 0 aromatic carbocycles. The minimum absolute atomic E-state index is 0.0610. The molecule has 1 atom stereocenters. The molecule has 0 N–H and O–H groups in total. The lowest BCUT2D eigenvalue weighted by molar-refractivity contribution is 0.00850. The van der Waals surface area contributed by atoms with Gasteiger partial charge in [0.2, 0.25) is 0 Å². The highest BCUT2D eigenvalue weighted by Gasteiger charge is 2.29. The molecule has 0 spiro atoms. The Labute approximate surface area is 115 Å². The van der Waals surface area contributed by atoms with Crippen LogP contribution < -0.4 is 0 Å². The predicted molar refractivity (Wildman–Crippen MR) is 74.8 cm³/mol. The molecule has 1 unspecified atom stereocenters. The maximum atomic E-state index is 6.08. The molecule has 0 aliphatic heterocycles. The van der Waals surface area contributed by atoms with Crippen LogP contribution in [0.3, 0.4) is 0 Å². The maximum absolute atomic E-state index is 6.08. The lowest BCUT2D eigenvalue weighted by Gasteiger charge is -2.28. The van der Waals surface area contributed by atoms with E-state index in [0.29, 0.717) is 16.9 Å². The van der Waals surface area contributed by atoms with Gasteiger partial charge in [-0.2, -0.15) is 0 Å². The highest BCUT2D eigenvalue weighted by Crippen LogP contribution is 2.34. The van der Waals surface area contributed by atoms with E-state index in [1.54, 1.807) is 7.11 Å². The lowest BCUT2D eigenvalue weighted by Crippen LogP contribution is -2.23. The summed E-state index contributed by atoms with van der Waals surface area (Å²) in [6.07, 6.45) is 0.748. The van der Waals surface area contributed by atoms with Crippen molar-refractivity contribution >= 4 is 11.6 Å². The Bertz CT molecular complexity index is 399. The normalized spacial score (nSPS) is 14.0. The van der Waals surface area contributed by atoms with Crippen LogP contribution in [0.15, 0.2) is 6.07 Å². The fourth-order valence-corrected chi connectivity index (χ4v) is 2.18. The summed E-state index contributed by atoms with van der Waals surface area (Å²) in [7, 11) is 1.68. The Balaban J connectivity index is 3.11. The summed E-state index contributed by atoms with van der Waals surface area (Å²) in [5, 5.41) is 0.488. The number of methoxy groups -OCH3 is 1. The van der Waals surface area contributed by atoms with Crippen molar-refractivity contribution in [2.45, 2.75) is 47.1 Å². The Hall–Kier alpha value is -0.670. The van der Waals surface area contributed by atoms with Crippen molar-refractivity contribution < 1.29 is 4.74 Å². The van der Waals surface area contributed by atoms with Crippen molar-refractivity contribution in [2.24, 2.45) is 11.3 Å². The van der Waals surface area contributed by atoms with Gasteiger partial charge in [0, 0.05) is 12.8 Å². The molecule has 3 nitrogen and oxygen atoms in total. The second-order valence-corrected chi connectivity index (χ2v) is 6.51. The molecule has 0 bridgehead atoms. The molecule has 102 valence electrons. The molecule has 4 heteroatoms. The zero-order valence-corrected chi connectivity index (χ0v) is 12.9. The van der Waals surface area contributed by atoms with Crippen molar-refractivity contribution in [2.75, 3.05) is 7.11 Å². The van der Waals surface area contributed by atoms with Crippen molar-refractivity contribution in [1.29, 1.82) is 0 Å². The monoisotopic (exact) mass is 270 g/mol. The van der Waals surface area contributed by atoms with E-state index in [2.05, 4.69) is 44.6 Å². The number of hydrogen-bond acceptors (Lipinski definition) is 3. The number of aromatic nitrogens is 2. The first kappa shape index (κ1) is 15.4. The van der Waals surface area contributed by atoms with Gasteiger partial charge in [0.25, 0.3) is 0 Å². The summed E-state index contributed by atoms with van der Waals surface area (Å²) in [4.78, 5) is 8.90. The van der Waals surface area contributed by atoms with Crippen LogP contribution >= 0.6 is 11.6 Å². The molecule has 0 saturated carbocycles. The van der Waals surface area contributed by atoms with Gasteiger partial charge in [0.1, 0.15) is 11.3 Å². The second kappa shape index (κ2) is 5.98. The van der Waals surface area contributed by atoms with Gasteiger partial charge in [-0.3, -0.25) is 0 Å². The van der Waals surface area contributed by atoms with Gasteiger partial charge in [-0.05, 0) is 23.8 Å². The number of rotatable bonds is 4. The minimum atomic E-state index is -0.151. The van der Waals surface area contributed by atoms with E-state index in [4.69, 9.17) is 16.3 Å². The van der Waals surface area contributed by atoms with Crippen LogP contribution in [-0.2, 0) is 11.2 Å². The molecular formula is C14H23ClN2O. The second-order valence-electron chi connectivity index (χ2n) is 6.12. The minimum Gasteiger partial charge on any atom is -0.373 e. The largest absolute Gasteiger partial charge is 0.373 e. The van der Waals surface area contributed by atoms with Gasteiger partial charge in [0.15, 0.2) is 5.82 Å². The zero-order valence-electron chi connectivity index (χ0n) is 12.1. The highest BCUT2D eigenvalue weighted by atomic mass is 35.5. The summed E-state index contributed by atoms with van der Waals surface area (Å²) < 4.78 is 5.53. The van der Waals surface area contributed by atoms with E-state index in [9.17, 15) is 0 Å². The van der Waals surface area contributed by atoms with Crippen LogP contribution in [0.4, 0.5) is 0 Å². The Morgan fingerprint density at radius 1 is 1.28 bits per heavy atom. The molecule has 1 aromatic rings. The van der Waals surface area contributed by atoms with Gasteiger partial charge < -0.3 is 4.74 Å². The van der Waals surface area contributed by atoms with Crippen molar-refractivity contribution in [3.63, 3.8) is 0 Å². The number of halogens is 1. The molecule has 0 saturated heterocycles. The molecule has 0 aliphatic rings. The van der Waals surface area contributed by atoms with Crippen LogP contribution in [0.1, 0.15) is 52.2 Å². The molecular weight excluding hydrogens is 248 g/mol. The Kier molecular flexibility index (Phi) is 5.11. The zero-order chi connectivity index (χ0) is 13.9. The fourth-order valence-electron chi connectivity index (χ4n) is 1.97. The van der Waals surface area contributed by atoms with E-state index >= 15 is 0 Å². The SMILES string of the molecule is COC(c1nc(Cl)cc(CC(C)C)n1)C(C)(C)C. The van der Waals surface area contributed by atoms with Crippen LogP contribution in [0.2, 0.25) is 5.15 Å². The smallest absolute Gasteiger partial charge is 0.159 e. The van der Waals surface area contributed by atoms with E-state index in [-0.39, 0.29) is 11.5 Å². The molecule has 1 rings (SSSR count). The molecule has 0 aliphatic carbocycles. The van der Waals surface area contributed by atoms with Crippen molar-refractivity contribution in [3.8, 4) is 0 Å². The van der Waals surface area contributed by atoms with Crippen LogP contribution in [0.5, 0.6) is 0 Å². The third kappa shape index (κ3) is 4.21. The Morgan fingerprint density at radius 3 is 2.33 bits per heavy atom. The first-order chi connectivity index (χ1) is 8.24. The van der Waals surface area contributed by atoms with E-state index < -0.39 is 0 Å². The third-order valence-corrected chi connectivity index (χ3v) is 2.83. The molecule has 0 fully saturated rings. The highest BCUT2D eigenvalue weighted by molar-refractivity contribution is 6.29. The summed E-state index contributed by atoms with van der Waals surface area (Å²) in [6.45, 7) is 10.6. The summed E-state index contributed by atoms with van der Waals surface area (Å²) in [5.74, 6) is 1.22. The van der Waals surface area contributed by atoms with Crippen molar-refractivity contribution in [1.82, 2.24) is 9.97 Å². The quantitative estimate of drug-likeness (QED) is 0.774. The standard InChI is InChI=1S/C14H23ClN2O/c1-9(2)7-10-8-11(15)17-13(16-10)12(18-6)14(3,4)5/h8-9,12H,7H2,1-6H3. The van der Waals surface area contributed by atoms with Gasteiger partial charge in [-0.15, -0.1) is 0 Å². The summed E-state index contributed by atoms with van der Waals surface area (Å²) in [5.41, 5.74) is 0.917. The topological polar surface area (TPSA) is 35.0 Å². The average molecular weight is 271 g/mol. The van der Waals surface area contributed by atoms with Crippen LogP contribution in [0, 0.1) is 11.3 Å². The van der Waals surface area contributed by atoms with E-state index in [1.807, 2.05) is 6.07 Å². The molecule has 18 heavy (non-hydrogen) atoms. The van der Waals surface area contributed by atoms with Gasteiger partial charge >= 0.3 is 0 Å².